The highest BCUT2D eigenvalue weighted by Crippen LogP contribution is 2.10. The number of carbonyl (C=O) groups is 1. The molecule has 2 atom stereocenters. The molecular formula is C6H11NO2. The summed E-state index contributed by atoms with van der Waals surface area (Å²) in [6.07, 6.45) is 0.864. The quantitative estimate of drug-likeness (QED) is 0.500. The van der Waals surface area contributed by atoms with Gasteiger partial charge in [0.1, 0.15) is 0 Å². The van der Waals surface area contributed by atoms with Gasteiger partial charge in [-0.3, -0.25) is 4.79 Å². The Morgan fingerprint density at radius 2 is 2.56 bits per heavy atom. The summed E-state index contributed by atoms with van der Waals surface area (Å²) in [6, 6.07) is 0.0301. The van der Waals surface area contributed by atoms with Gasteiger partial charge in [0.15, 0.2) is 0 Å². The van der Waals surface area contributed by atoms with Crippen LogP contribution in [0.25, 0.3) is 0 Å². The highest BCUT2D eigenvalue weighted by Gasteiger charge is 2.30. The summed E-state index contributed by atoms with van der Waals surface area (Å²) in [7, 11) is 0. The summed E-state index contributed by atoms with van der Waals surface area (Å²) < 4.78 is 0. The molecule has 1 unspecified atom stereocenters. The Hall–Kier alpha value is -0.570. The van der Waals surface area contributed by atoms with E-state index in [0.717, 1.165) is 0 Å². The van der Waals surface area contributed by atoms with Gasteiger partial charge in [-0.25, -0.2) is 0 Å². The second-order valence-electron chi connectivity index (χ2n) is 2.35. The zero-order chi connectivity index (χ0) is 6.85. The van der Waals surface area contributed by atoms with Crippen LogP contribution in [0.15, 0.2) is 0 Å². The van der Waals surface area contributed by atoms with E-state index in [1.807, 2.05) is 6.92 Å². The zero-order valence-electron chi connectivity index (χ0n) is 5.42. The average Bonchev–Trinajstić information content (AvgIpc) is 1.79. The lowest BCUT2D eigenvalue weighted by molar-refractivity contribution is -0.131. The van der Waals surface area contributed by atoms with Crippen LogP contribution < -0.4 is 5.32 Å². The fourth-order valence-electron chi connectivity index (χ4n) is 0.902. The fourth-order valence-corrected chi connectivity index (χ4v) is 0.902. The van der Waals surface area contributed by atoms with Crippen LogP contribution in [0.2, 0.25) is 0 Å². The molecule has 1 heterocycles. The van der Waals surface area contributed by atoms with Gasteiger partial charge < -0.3 is 10.4 Å². The van der Waals surface area contributed by atoms with Gasteiger partial charge >= 0.3 is 0 Å². The van der Waals surface area contributed by atoms with Crippen LogP contribution in [0, 0.1) is 0 Å². The molecule has 52 valence electrons. The molecule has 0 radical (unpaired) electrons. The molecule has 9 heavy (non-hydrogen) atoms. The maximum Gasteiger partial charge on any atom is 0.222 e. The number of rotatable bonds is 2. The first-order valence-corrected chi connectivity index (χ1v) is 3.21. The van der Waals surface area contributed by atoms with Crippen molar-refractivity contribution in [1.29, 1.82) is 0 Å². The number of β-lactam (4-membered cyclic amide) rings is 1. The Kier molecular flexibility index (Phi) is 1.71. The Bertz CT molecular complexity index is 116. The molecule has 0 saturated carbocycles. The predicted molar refractivity (Wildman–Crippen MR) is 32.8 cm³/mol. The molecule has 1 amide bonds. The lowest BCUT2D eigenvalue weighted by atomic mass is 9.99. The van der Waals surface area contributed by atoms with Gasteiger partial charge in [0.05, 0.1) is 12.1 Å². The smallest absolute Gasteiger partial charge is 0.222 e. The van der Waals surface area contributed by atoms with Crippen LogP contribution >= 0.6 is 0 Å². The summed E-state index contributed by atoms with van der Waals surface area (Å²) in [5.41, 5.74) is 0. The van der Waals surface area contributed by atoms with E-state index in [2.05, 4.69) is 5.32 Å². The number of hydrogen-bond donors (Lipinski definition) is 2. The highest BCUT2D eigenvalue weighted by atomic mass is 16.3. The van der Waals surface area contributed by atoms with E-state index in [1.54, 1.807) is 0 Å². The summed E-state index contributed by atoms with van der Waals surface area (Å²) in [5.74, 6) is 0.0486. The largest absolute Gasteiger partial charge is 0.391 e. The molecule has 0 spiro atoms. The van der Waals surface area contributed by atoms with Gasteiger partial charge in [-0.15, -0.1) is 0 Å². The van der Waals surface area contributed by atoms with E-state index in [0.29, 0.717) is 12.8 Å². The molecule has 1 aliphatic heterocycles. The first kappa shape index (κ1) is 6.55. The van der Waals surface area contributed by atoms with Gasteiger partial charge in [-0.05, 0) is 6.42 Å². The molecule has 0 aromatic heterocycles. The first-order valence-electron chi connectivity index (χ1n) is 3.21. The van der Waals surface area contributed by atoms with Gasteiger partial charge in [-0.2, -0.15) is 0 Å². The van der Waals surface area contributed by atoms with Gasteiger partial charge in [-0.1, -0.05) is 6.92 Å². The molecule has 2 N–H and O–H groups in total. The fraction of sp³-hybridized carbons (Fsp3) is 0.833. The monoisotopic (exact) mass is 129 g/mol. The SMILES string of the molecule is CCC(O)[C@@H]1CC(=O)N1. The summed E-state index contributed by atoms with van der Waals surface area (Å²) in [5, 5.41) is 11.7. The predicted octanol–water partition coefficient (Wildman–Crippen LogP) is -0.354. The minimum absolute atomic E-state index is 0.0301. The van der Waals surface area contributed by atoms with Crippen molar-refractivity contribution in [3.8, 4) is 0 Å². The zero-order valence-corrected chi connectivity index (χ0v) is 5.42. The molecule has 1 saturated heterocycles. The Morgan fingerprint density at radius 1 is 2.00 bits per heavy atom. The van der Waals surface area contributed by atoms with Crippen LogP contribution in [-0.4, -0.2) is 23.2 Å². The number of aliphatic hydroxyl groups is 1. The van der Waals surface area contributed by atoms with Crippen LogP contribution in [0.3, 0.4) is 0 Å². The summed E-state index contributed by atoms with van der Waals surface area (Å²) >= 11 is 0. The standard InChI is InChI=1S/C6H11NO2/c1-2-5(8)4-3-6(9)7-4/h4-5,8H,2-3H2,1H3,(H,7,9)/t4-,5?/m0/s1. The van der Waals surface area contributed by atoms with Gasteiger partial charge in [0.2, 0.25) is 5.91 Å². The Labute approximate surface area is 54.1 Å². The molecule has 1 aliphatic rings. The number of amides is 1. The van der Waals surface area contributed by atoms with Crippen LogP contribution in [0.4, 0.5) is 0 Å². The highest BCUT2D eigenvalue weighted by molar-refractivity contribution is 5.82. The minimum atomic E-state index is -0.345. The van der Waals surface area contributed by atoms with Crippen LogP contribution in [0.5, 0.6) is 0 Å². The maximum atomic E-state index is 10.3. The maximum absolute atomic E-state index is 10.3. The number of aliphatic hydroxyl groups excluding tert-OH is 1. The molecule has 0 bridgehead atoms. The Balaban J connectivity index is 2.23. The number of nitrogens with one attached hydrogen (secondary N) is 1. The van der Waals surface area contributed by atoms with Crippen molar-refractivity contribution in [1.82, 2.24) is 5.32 Å². The molecule has 3 heteroatoms. The van der Waals surface area contributed by atoms with Crippen molar-refractivity contribution in [3.05, 3.63) is 0 Å². The van der Waals surface area contributed by atoms with E-state index >= 15 is 0 Å². The summed E-state index contributed by atoms with van der Waals surface area (Å²) in [4.78, 5) is 10.3. The topological polar surface area (TPSA) is 49.3 Å². The number of carbonyl (C=O) groups excluding carboxylic acids is 1. The van der Waals surface area contributed by atoms with E-state index < -0.39 is 0 Å². The minimum Gasteiger partial charge on any atom is -0.391 e. The molecule has 0 aliphatic carbocycles. The molecule has 1 rings (SSSR count). The summed E-state index contributed by atoms with van der Waals surface area (Å²) in [6.45, 7) is 1.90. The van der Waals surface area contributed by atoms with Crippen LogP contribution in [-0.2, 0) is 4.79 Å². The lowest BCUT2D eigenvalue weighted by Gasteiger charge is -2.30. The van der Waals surface area contributed by atoms with Crippen molar-refractivity contribution in [2.45, 2.75) is 31.9 Å². The van der Waals surface area contributed by atoms with Crippen molar-refractivity contribution in [2.24, 2.45) is 0 Å². The average molecular weight is 129 g/mol. The second-order valence-corrected chi connectivity index (χ2v) is 2.35. The van der Waals surface area contributed by atoms with E-state index in [4.69, 9.17) is 5.11 Å². The first-order chi connectivity index (χ1) is 4.24. The molecule has 0 aromatic carbocycles. The van der Waals surface area contributed by atoms with E-state index in [-0.39, 0.29) is 18.1 Å². The van der Waals surface area contributed by atoms with E-state index in [9.17, 15) is 4.79 Å². The van der Waals surface area contributed by atoms with Gasteiger partial charge in [0, 0.05) is 6.42 Å². The third-order valence-electron chi connectivity index (χ3n) is 1.63. The van der Waals surface area contributed by atoms with Crippen LogP contribution in [0.1, 0.15) is 19.8 Å². The Morgan fingerprint density at radius 3 is 2.89 bits per heavy atom. The molecule has 0 aromatic rings. The van der Waals surface area contributed by atoms with E-state index in [1.165, 1.54) is 0 Å². The second kappa shape index (κ2) is 2.35. The van der Waals surface area contributed by atoms with Crippen molar-refractivity contribution in [3.63, 3.8) is 0 Å². The third kappa shape index (κ3) is 1.21. The molecule has 1 fully saturated rings. The van der Waals surface area contributed by atoms with Crippen molar-refractivity contribution >= 4 is 5.91 Å². The number of hydrogen-bond acceptors (Lipinski definition) is 2. The normalized spacial score (nSPS) is 28.7. The van der Waals surface area contributed by atoms with Gasteiger partial charge in [0.25, 0.3) is 0 Å². The van der Waals surface area contributed by atoms with Crippen molar-refractivity contribution in [2.75, 3.05) is 0 Å². The molecule has 3 nitrogen and oxygen atoms in total. The van der Waals surface area contributed by atoms with Crippen molar-refractivity contribution < 1.29 is 9.90 Å². The third-order valence-corrected chi connectivity index (χ3v) is 1.63. The molecular weight excluding hydrogens is 118 g/mol. The lowest BCUT2D eigenvalue weighted by Crippen LogP contribution is -2.54.